The number of benzene rings is 2. The third-order valence-corrected chi connectivity index (χ3v) is 3.55. The molecule has 0 amide bonds. The second-order valence-electron chi connectivity index (χ2n) is 4.70. The molecule has 0 spiro atoms. The number of nitrogens with zero attached hydrogens (tertiary/aromatic N) is 1. The molecule has 4 heteroatoms. The zero-order valence-corrected chi connectivity index (χ0v) is 10.4. The van der Waals surface area contributed by atoms with Gasteiger partial charge in [0.2, 0.25) is 0 Å². The van der Waals surface area contributed by atoms with E-state index in [0.717, 1.165) is 16.8 Å². The normalized spacial score (nSPS) is 12.3. The Hall–Kier alpha value is -2.75. The van der Waals surface area contributed by atoms with Crippen LogP contribution < -0.4 is 0 Å². The molecule has 20 heavy (non-hydrogen) atoms. The first kappa shape index (κ1) is 11.1. The first-order chi connectivity index (χ1) is 9.75. The van der Waals surface area contributed by atoms with Gasteiger partial charge in [-0.05, 0) is 24.3 Å². The Morgan fingerprint density at radius 1 is 0.950 bits per heavy atom. The Labute approximate surface area is 114 Å². The summed E-state index contributed by atoms with van der Waals surface area (Å²) in [5.41, 5.74) is 4.15. The van der Waals surface area contributed by atoms with E-state index in [1.54, 1.807) is 18.2 Å². The zero-order valence-electron chi connectivity index (χ0n) is 10.4. The number of aromatic amines is 1. The second-order valence-corrected chi connectivity index (χ2v) is 4.70. The third kappa shape index (κ3) is 1.39. The lowest BCUT2D eigenvalue weighted by Crippen LogP contribution is -1.97. The van der Waals surface area contributed by atoms with Crippen molar-refractivity contribution in [3.63, 3.8) is 0 Å². The van der Waals surface area contributed by atoms with Crippen molar-refractivity contribution >= 4 is 5.78 Å². The van der Waals surface area contributed by atoms with E-state index in [1.807, 2.05) is 18.2 Å². The molecular formula is C16H9FN2O. The predicted molar refractivity (Wildman–Crippen MR) is 72.9 cm³/mol. The lowest BCUT2D eigenvalue weighted by molar-refractivity contribution is 0.104. The summed E-state index contributed by atoms with van der Waals surface area (Å²) in [6.07, 6.45) is 0. The summed E-state index contributed by atoms with van der Waals surface area (Å²) >= 11 is 0. The van der Waals surface area contributed by atoms with Gasteiger partial charge in [-0.2, -0.15) is 5.10 Å². The fraction of sp³-hybridized carbons (Fsp3) is 0. The first-order valence-corrected chi connectivity index (χ1v) is 6.24. The van der Waals surface area contributed by atoms with Crippen molar-refractivity contribution in [3.8, 4) is 22.5 Å². The molecule has 2 aromatic carbocycles. The van der Waals surface area contributed by atoms with Crippen molar-refractivity contribution < 1.29 is 9.18 Å². The molecule has 1 heterocycles. The maximum Gasteiger partial charge on any atom is 0.198 e. The molecule has 96 valence electrons. The number of hydrogen-bond acceptors (Lipinski definition) is 2. The third-order valence-electron chi connectivity index (χ3n) is 3.55. The maximum absolute atomic E-state index is 13.0. The summed E-state index contributed by atoms with van der Waals surface area (Å²) in [5, 5.41) is 7.14. The molecule has 0 atom stereocenters. The fourth-order valence-electron chi connectivity index (χ4n) is 2.61. The van der Waals surface area contributed by atoms with Crippen LogP contribution in [0.2, 0.25) is 0 Å². The van der Waals surface area contributed by atoms with Gasteiger partial charge < -0.3 is 0 Å². The monoisotopic (exact) mass is 264 g/mol. The van der Waals surface area contributed by atoms with Crippen molar-refractivity contribution in [2.45, 2.75) is 0 Å². The van der Waals surface area contributed by atoms with Crippen molar-refractivity contribution in [2.75, 3.05) is 0 Å². The quantitative estimate of drug-likeness (QED) is 0.572. The van der Waals surface area contributed by atoms with Crippen LogP contribution in [0.25, 0.3) is 22.5 Å². The highest BCUT2D eigenvalue weighted by molar-refractivity contribution is 6.23. The maximum atomic E-state index is 13.0. The highest BCUT2D eigenvalue weighted by Crippen LogP contribution is 2.39. The van der Waals surface area contributed by atoms with Gasteiger partial charge in [0.05, 0.1) is 11.3 Å². The number of fused-ring (bicyclic) bond motifs is 3. The predicted octanol–water partition coefficient (Wildman–Crippen LogP) is 3.43. The molecular weight excluding hydrogens is 255 g/mol. The number of hydrogen-bond donors (Lipinski definition) is 1. The van der Waals surface area contributed by atoms with Crippen molar-refractivity contribution in [1.82, 2.24) is 10.2 Å². The van der Waals surface area contributed by atoms with E-state index in [4.69, 9.17) is 0 Å². The average molecular weight is 264 g/mol. The van der Waals surface area contributed by atoms with E-state index in [-0.39, 0.29) is 11.6 Å². The zero-order chi connectivity index (χ0) is 13.7. The molecule has 3 aromatic rings. The molecule has 0 aliphatic heterocycles. The molecule has 3 nitrogen and oxygen atoms in total. The number of carbonyl (C=O) groups is 1. The Morgan fingerprint density at radius 3 is 2.40 bits per heavy atom. The molecule has 0 saturated heterocycles. The lowest BCUT2D eigenvalue weighted by atomic mass is 10.0. The first-order valence-electron chi connectivity index (χ1n) is 6.24. The molecule has 1 aromatic heterocycles. The number of halogens is 1. The van der Waals surface area contributed by atoms with E-state index >= 15 is 0 Å². The summed E-state index contributed by atoms with van der Waals surface area (Å²) in [7, 11) is 0. The topological polar surface area (TPSA) is 45.8 Å². The van der Waals surface area contributed by atoms with Crippen molar-refractivity contribution in [3.05, 3.63) is 65.5 Å². The Morgan fingerprint density at radius 2 is 1.65 bits per heavy atom. The standard InChI is InChI=1S/C16H9FN2O/c17-10-7-5-9(6-8-10)14-13-15(19-18-14)11-3-1-2-4-12(11)16(13)20/h1-8H,(H,18,19). The van der Waals surface area contributed by atoms with Crippen LogP contribution in [0.15, 0.2) is 48.5 Å². The van der Waals surface area contributed by atoms with Crippen LogP contribution in [0.3, 0.4) is 0 Å². The van der Waals surface area contributed by atoms with Gasteiger partial charge in [0, 0.05) is 16.7 Å². The molecule has 0 saturated carbocycles. The van der Waals surface area contributed by atoms with Crippen LogP contribution in [0.1, 0.15) is 15.9 Å². The minimum absolute atomic E-state index is 0.0383. The largest absolute Gasteiger partial charge is 0.288 e. The molecule has 0 bridgehead atoms. The summed E-state index contributed by atoms with van der Waals surface area (Å²) in [4.78, 5) is 12.5. The summed E-state index contributed by atoms with van der Waals surface area (Å²) in [6, 6.07) is 13.4. The van der Waals surface area contributed by atoms with E-state index in [0.29, 0.717) is 16.8 Å². The van der Waals surface area contributed by atoms with E-state index in [2.05, 4.69) is 10.2 Å². The molecule has 0 fully saturated rings. The number of rotatable bonds is 1. The van der Waals surface area contributed by atoms with Crippen LogP contribution >= 0.6 is 0 Å². The summed E-state index contributed by atoms with van der Waals surface area (Å²) < 4.78 is 13.0. The minimum atomic E-state index is -0.310. The van der Waals surface area contributed by atoms with Crippen LogP contribution in [0.4, 0.5) is 4.39 Å². The van der Waals surface area contributed by atoms with Gasteiger partial charge in [-0.25, -0.2) is 4.39 Å². The molecule has 1 aliphatic carbocycles. The molecule has 1 N–H and O–H groups in total. The number of ketones is 1. The smallest absolute Gasteiger partial charge is 0.198 e. The van der Waals surface area contributed by atoms with Crippen molar-refractivity contribution in [1.29, 1.82) is 0 Å². The highest BCUT2D eigenvalue weighted by Gasteiger charge is 2.32. The molecule has 0 unspecified atom stereocenters. The fourth-order valence-corrected chi connectivity index (χ4v) is 2.61. The average Bonchev–Trinajstić information content (AvgIpc) is 3.02. The van der Waals surface area contributed by atoms with E-state index in [1.165, 1.54) is 12.1 Å². The van der Waals surface area contributed by atoms with Crippen LogP contribution in [-0.4, -0.2) is 16.0 Å². The molecule has 1 aliphatic rings. The van der Waals surface area contributed by atoms with Gasteiger partial charge in [0.15, 0.2) is 5.78 Å². The number of H-pyrrole nitrogens is 1. The Bertz CT molecular complexity index is 834. The van der Waals surface area contributed by atoms with Gasteiger partial charge in [0.25, 0.3) is 0 Å². The minimum Gasteiger partial charge on any atom is -0.288 e. The Balaban J connectivity index is 1.94. The number of aromatic nitrogens is 2. The van der Waals surface area contributed by atoms with Crippen LogP contribution in [-0.2, 0) is 0 Å². The number of nitrogens with one attached hydrogen (secondary N) is 1. The summed E-state index contributed by atoms with van der Waals surface area (Å²) in [5.74, 6) is -0.348. The summed E-state index contributed by atoms with van der Waals surface area (Å²) in [6.45, 7) is 0. The highest BCUT2D eigenvalue weighted by atomic mass is 19.1. The van der Waals surface area contributed by atoms with Crippen LogP contribution in [0, 0.1) is 5.82 Å². The molecule has 0 radical (unpaired) electrons. The number of carbonyl (C=O) groups excluding carboxylic acids is 1. The van der Waals surface area contributed by atoms with E-state index < -0.39 is 0 Å². The van der Waals surface area contributed by atoms with Gasteiger partial charge in [-0.3, -0.25) is 9.89 Å². The molecule has 4 rings (SSSR count). The van der Waals surface area contributed by atoms with Gasteiger partial charge in [-0.15, -0.1) is 0 Å². The second kappa shape index (κ2) is 3.87. The lowest BCUT2D eigenvalue weighted by Gasteiger charge is -1.99. The van der Waals surface area contributed by atoms with Gasteiger partial charge in [0.1, 0.15) is 11.5 Å². The van der Waals surface area contributed by atoms with Crippen LogP contribution in [0.5, 0.6) is 0 Å². The SMILES string of the molecule is O=C1c2ccccc2-c2[nH]nc(-c3ccc(F)cc3)c21. The van der Waals surface area contributed by atoms with Gasteiger partial charge >= 0.3 is 0 Å². The Kier molecular flexibility index (Phi) is 2.15. The van der Waals surface area contributed by atoms with Crippen molar-refractivity contribution in [2.24, 2.45) is 0 Å². The van der Waals surface area contributed by atoms with Gasteiger partial charge in [-0.1, -0.05) is 24.3 Å². The van der Waals surface area contributed by atoms with E-state index in [9.17, 15) is 9.18 Å².